The Balaban J connectivity index is -0.000000199. The molecule has 0 bridgehead atoms. The molecule has 0 aliphatic heterocycles. The Bertz CT molecular complexity index is 693. The van der Waals surface area contributed by atoms with Crippen LogP contribution in [0.3, 0.4) is 0 Å². The summed E-state index contributed by atoms with van der Waals surface area (Å²) in [5.41, 5.74) is 0.924. The summed E-state index contributed by atoms with van der Waals surface area (Å²) in [5, 5.41) is 21.1. The van der Waals surface area contributed by atoms with Gasteiger partial charge < -0.3 is 37.3 Å². The Morgan fingerprint density at radius 1 is 0.600 bits per heavy atom. The first kappa shape index (κ1) is 34.3. The van der Waals surface area contributed by atoms with E-state index in [1.54, 1.807) is 60.7 Å². The number of carboxylic acid groups (broad SMARTS) is 2. The van der Waals surface area contributed by atoms with Gasteiger partial charge in [0, 0.05) is 30.6 Å². The quantitative estimate of drug-likeness (QED) is 0.275. The van der Waals surface area contributed by atoms with E-state index in [4.69, 9.17) is 10.2 Å². The minimum Gasteiger partial charge on any atom is -0.480 e. The molecule has 0 radical (unpaired) electrons. The Hall–Kier alpha value is -3.18. The smallest absolute Gasteiger partial charge is 0.322 e. The summed E-state index contributed by atoms with van der Waals surface area (Å²) in [6.07, 6.45) is 0. The molecule has 0 saturated heterocycles. The van der Waals surface area contributed by atoms with Gasteiger partial charge in [0.15, 0.2) is 0 Å². The molecule has 0 fully saturated rings. The van der Waals surface area contributed by atoms with Crippen LogP contribution in [-0.4, -0.2) is 47.1 Å². The van der Waals surface area contributed by atoms with Gasteiger partial charge in [-0.3, -0.25) is 19.2 Å². The van der Waals surface area contributed by atoms with Gasteiger partial charge in [-0.2, -0.15) is 0 Å². The average molecular weight is 481 g/mol. The van der Waals surface area contributed by atoms with Crippen molar-refractivity contribution < 1.29 is 65.3 Å². The number of amides is 2. The molecule has 0 heterocycles. The monoisotopic (exact) mass is 479 g/mol. The van der Waals surface area contributed by atoms with Crippen molar-refractivity contribution in [2.75, 3.05) is 13.1 Å². The zero-order valence-corrected chi connectivity index (χ0v) is 19.1. The van der Waals surface area contributed by atoms with Crippen molar-refractivity contribution in [2.45, 2.75) is 0 Å². The molecule has 2 aromatic carbocycles. The fourth-order valence-corrected chi connectivity index (χ4v) is 1.69. The molecule has 0 atom stereocenters. The molecule has 2 rings (SSSR count). The van der Waals surface area contributed by atoms with Crippen molar-refractivity contribution in [2.24, 2.45) is 0 Å². The van der Waals surface area contributed by atoms with Gasteiger partial charge in [0.2, 0.25) is 0 Å². The number of carboxylic acids is 2. The molecular weight excluding hydrogens is 454 g/mol. The molecule has 12 heteroatoms. The van der Waals surface area contributed by atoms with Crippen LogP contribution in [0, 0.1) is 0 Å². The zero-order chi connectivity index (χ0) is 19.4. The number of aliphatic carboxylic acids is 2. The number of rotatable bonds is 6. The molecule has 0 saturated carbocycles. The molecule has 0 aliphatic carbocycles. The summed E-state index contributed by atoms with van der Waals surface area (Å²) in [6.45, 7) is -0.707. The largest absolute Gasteiger partial charge is 0.480 e. The van der Waals surface area contributed by atoms with E-state index in [2.05, 4.69) is 10.6 Å². The first-order valence-corrected chi connectivity index (χ1v) is 7.50. The number of carbonyl (C=O) groups excluding carboxylic acids is 2. The first-order chi connectivity index (χ1) is 12.4. The molecule has 0 spiro atoms. The third-order valence-electron chi connectivity index (χ3n) is 2.87. The van der Waals surface area contributed by atoms with Crippen LogP contribution in [0.4, 0.5) is 0 Å². The average Bonchev–Trinajstić information content (AvgIpc) is 2.66. The minimum absolute atomic E-state index is 0. The summed E-state index contributed by atoms with van der Waals surface area (Å²) in [6, 6.07) is 16.9. The zero-order valence-electron chi connectivity index (χ0n) is 16.2. The van der Waals surface area contributed by atoms with Gasteiger partial charge in [0.05, 0.1) is 0 Å². The standard InChI is InChI=1S/2C9H9NO3.3H2O.Zn/c2*11-8(12)6-10-9(13)7-4-2-1-3-5-7;;;;/h2*1-5H,6H2,(H,10,13)(H,11,12);3*1H2;/p+3. The fourth-order valence-electron chi connectivity index (χ4n) is 1.69. The van der Waals surface area contributed by atoms with Gasteiger partial charge >= 0.3 is 11.9 Å². The topological polar surface area (TPSA) is 232 Å². The predicted octanol–water partition coefficient (Wildman–Crippen LogP) is -1.77. The van der Waals surface area contributed by atoms with Crippen molar-refractivity contribution in [3.05, 3.63) is 71.8 Å². The maximum absolute atomic E-state index is 11.2. The molecule has 0 aromatic heterocycles. The van der Waals surface area contributed by atoms with Crippen molar-refractivity contribution in [1.29, 1.82) is 0 Å². The second-order valence-corrected chi connectivity index (χ2v) is 4.88. The van der Waals surface area contributed by atoms with Crippen LogP contribution >= 0.6 is 0 Å². The number of hydrogen-bond acceptors (Lipinski definition) is 4. The SMILES string of the molecule is O=C(O)CNC(=O)c1ccccc1.O=C(O)CNC(=O)c1ccccc1.[OH3+].[OH3+].[OH3+].[Zn]. The summed E-state index contributed by atoms with van der Waals surface area (Å²) in [7, 11) is 0. The summed E-state index contributed by atoms with van der Waals surface area (Å²) in [4.78, 5) is 42.6. The molecule has 30 heavy (non-hydrogen) atoms. The van der Waals surface area contributed by atoms with Crippen molar-refractivity contribution >= 4 is 23.8 Å². The van der Waals surface area contributed by atoms with E-state index < -0.39 is 11.9 Å². The molecule has 11 nitrogen and oxygen atoms in total. The Kier molecular flexibility index (Phi) is 21.9. The number of hydrogen-bond donors (Lipinski definition) is 4. The van der Waals surface area contributed by atoms with Crippen molar-refractivity contribution in [1.82, 2.24) is 10.6 Å². The second kappa shape index (κ2) is 19.2. The van der Waals surface area contributed by atoms with Gasteiger partial charge in [0.25, 0.3) is 11.8 Å². The van der Waals surface area contributed by atoms with Gasteiger partial charge in [-0.25, -0.2) is 0 Å². The Labute approximate surface area is 184 Å². The molecule has 13 N–H and O–H groups in total. The third kappa shape index (κ3) is 14.8. The van der Waals surface area contributed by atoms with Crippen molar-refractivity contribution in [3.8, 4) is 0 Å². The van der Waals surface area contributed by atoms with Gasteiger partial charge in [-0.1, -0.05) is 36.4 Å². The maximum atomic E-state index is 11.2. The molecule has 0 aliphatic rings. The van der Waals surface area contributed by atoms with Crippen LogP contribution in [0.25, 0.3) is 0 Å². The van der Waals surface area contributed by atoms with Gasteiger partial charge in [-0.15, -0.1) is 0 Å². The molecule has 162 valence electrons. The summed E-state index contributed by atoms with van der Waals surface area (Å²) < 4.78 is 0. The van der Waals surface area contributed by atoms with Gasteiger partial charge in [0.1, 0.15) is 13.1 Å². The molecular formula is C18H27N2O9Zn+3. The number of benzene rings is 2. The van der Waals surface area contributed by atoms with Crippen LogP contribution < -0.4 is 10.6 Å². The Morgan fingerprint density at radius 2 is 0.867 bits per heavy atom. The van der Waals surface area contributed by atoms with E-state index >= 15 is 0 Å². The summed E-state index contributed by atoms with van der Waals surface area (Å²) in [5.74, 6) is -2.85. The van der Waals surface area contributed by atoms with Crippen molar-refractivity contribution in [3.63, 3.8) is 0 Å². The van der Waals surface area contributed by atoms with Crippen LogP contribution in [0.5, 0.6) is 0 Å². The minimum atomic E-state index is -1.05. The second-order valence-electron chi connectivity index (χ2n) is 4.88. The van der Waals surface area contributed by atoms with E-state index in [1.807, 2.05) is 0 Å². The maximum Gasteiger partial charge on any atom is 0.322 e. The van der Waals surface area contributed by atoms with E-state index in [0.717, 1.165) is 0 Å². The first-order valence-electron chi connectivity index (χ1n) is 7.50. The molecule has 2 amide bonds. The van der Waals surface area contributed by atoms with E-state index in [-0.39, 0.29) is 60.8 Å². The molecule has 0 unspecified atom stereocenters. The number of nitrogens with one attached hydrogen (secondary N) is 2. The van der Waals surface area contributed by atoms with E-state index in [1.165, 1.54) is 0 Å². The van der Waals surface area contributed by atoms with Crippen LogP contribution in [-0.2, 0) is 45.5 Å². The Morgan fingerprint density at radius 3 is 1.10 bits per heavy atom. The number of carbonyl (C=O) groups is 4. The fraction of sp³-hybridized carbons (Fsp3) is 0.111. The third-order valence-corrected chi connectivity index (χ3v) is 2.87. The van der Waals surface area contributed by atoms with Crippen LogP contribution in [0.15, 0.2) is 60.7 Å². The van der Waals surface area contributed by atoms with E-state index in [9.17, 15) is 19.2 Å². The summed E-state index contributed by atoms with van der Waals surface area (Å²) >= 11 is 0. The predicted molar refractivity (Wildman–Crippen MR) is 107 cm³/mol. The van der Waals surface area contributed by atoms with Crippen LogP contribution in [0.1, 0.15) is 20.7 Å². The van der Waals surface area contributed by atoms with Gasteiger partial charge in [-0.05, 0) is 24.3 Å². The van der Waals surface area contributed by atoms with E-state index in [0.29, 0.717) is 11.1 Å². The molecule has 2 aromatic rings. The van der Waals surface area contributed by atoms with Crippen LogP contribution in [0.2, 0.25) is 0 Å². The normalized spacial score (nSPS) is 8.00.